The second-order valence-electron chi connectivity index (χ2n) is 7.02. The van der Waals surface area contributed by atoms with Crippen molar-refractivity contribution in [3.8, 4) is 0 Å². The summed E-state index contributed by atoms with van der Waals surface area (Å²) in [5, 5.41) is 2.76. The Morgan fingerprint density at radius 3 is 2.30 bits per heavy atom. The molecule has 3 aromatic carbocycles. The van der Waals surface area contributed by atoms with Crippen LogP contribution < -0.4 is 0 Å². The zero-order chi connectivity index (χ0) is 15.9. The smallest absolute Gasteiger partial charge is 0.0393 e. The Kier molecular flexibility index (Phi) is 3.34. The first-order valence-electron chi connectivity index (χ1n) is 8.48. The summed E-state index contributed by atoms with van der Waals surface area (Å²) in [5.41, 5.74) is 4.16. The Morgan fingerprint density at radius 1 is 0.826 bits per heavy atom. The van der Waals surface area contributed by atoms with Crippen molar-refractivity contribution in [2.75, 3.05) is 0 Å². The Labute approximate surface area is 138 Å². The van der Waals surface area contributed by atoms with E-state index in [1.54, 1.807) is 0 Å². The topological polar surface area (TPSA) is 0 Å². The molecule has 0 radical (unpaired) electrons. The van der Waals surface area contributed by atoms with Gasteiger partial charge in [-0.05, 0) is 39.8 Å². The molecule has 0 bridgehead atoms. The molecule has 0 N–H and O–H groups in total. The van der Waals surface area contributed by atoms with Gasteiger partial charge in [-0.15, -0.1) is 0 Å². The predicted molar refractivity (Wildman–Crippen MR) is 99.7 cm³/mol. The number of hydrogen-bond donors (Lipinski definition) is 0. The fourth-order valence-electron chi connectivity index (χ4n) is 4.13. The van der Waals surface area contributed by atoms with Gasteiger partial charge in [-0.1, -0.05) is 92.7 Å². The molecule has 0 heteroatoms. The maximum atomic E-state index is 2.43. The van der Waals surface area contributed by atoms with E-state index in [4.69, 9.17) is 0 Å². The predicted octanol–water partition coefficient (Wildman–Crippen LogP) is 6.20. The lowest BCUT2D eigenvalue weighted by molar-refractivity contribution is 0.468. The first-order valence-corrected chi connectivity index (χ1v) is 8.48. The van der Waals surface area contributed by atoms with Gasteiger partial charge >= 0.3 is 0 Å². The van der Waals surface area contributed by atoms with Gasteiger partial charge in [-0.3, -0.25) is 0 Å². The van der Waals surface area contributed by atoms with E-state index in [0.717, 1.165) is 6.42 Å². The third-order valence-corrected chi connectivity index (χ3v) is 4.98. The molecule has 0 amide bonds. The Hall–Kier alpha value is -2.34. The molecule has 0 nitrogen and oxygen atoms in total. The van der Waals surface area contributed by atoms with Gasteiger partial charge in [0.05, 0.1) is 0 Å². The highest BCUT2D eigenvalue weighted by atomic mass is 14.4. The summed E-state index contributed by atoms with van der Waals surface area (Å²) in [5.74, 6) is 0.625. The average Bonchev–Trinajstić information content (AvgIpc) is 2.58. The molecule has 0 heterocycles. The molecule has 0 saturated carbocycles. The van der Waals surface area contributed by atoms with Crippen LogP contribution in [0.2, 0.25) is 0 Å². The normalized spacial score (nSPS) is 19.4. The van der Waals surface area contributed by atoms with Crippen molar-refractivity contribution in [1.82, 2.24) is 0 Å². The van der Waals surface area contributed by atoms with Crippen LogP contribution in [0.1, 0.15) is 37.0 Å². The molecule has 1 aliphatic carbocycles. The summed E-state index contributed by atoms with van der Waals surface area (Å²) < 4.78 is 0. The summed E-state index contributed by atoms with van der Waals surface area (Å²) in [6.07, 6.45) is 5.88. The summed E-state index contributed by atoms with van der Waals surface area (Å²) in [6, 6.07) is 24.4. The minimum absolute atomic E-state index is 0.0245. The summed E-state index contributed by atoms with van der Waals surface area (Å²) in [4.78, 5) is 0. The molecule has 1 atom stereocenters. The van der Waals surface area contributed by atoms with Gasteiger partial charge < -0.3 is 0 Å². The number of hydrogen-bond acceptors (Lipinski definition) is 0. The van der Waals surface area contributed by atoms with Crippen LogP contribution in [-0.4, -0.2) is 0 Å². The highest BCUT2D eigenvalue weighted by Crippen LogP contribution is 2.46. The molecular formula is C23H22. The standard InChI is InChI=1S/C23H22/c1-17(2)16-23(20-11-4-3-5-12-20)15-14-19-9-6-8-18-10-7-13-21(23)22(18)19/h3-15,17H,16H2,1-2H3. The quantitative estimate of drug-likeness (QED) is 0.540. The van der Waals surface area contributed by atoms with E-state index in [2.05, 4.69) is 92.7 Å². The maximum Gasteiger partial charge on any atom is 0.0393 e. The molecule has 3 aromatic rings. The lowest BCUT2D eigenvalue weighted by Crippen LogP contribution is -2.29. The minimum atomic E-state index is -0.0245. The SMILES string of the molecule is CC(C)CC1(c2ccccc2)C=Cc2cccc3cccc1c23. The van der Waals surface area contributed by atoms with E-state index in [0.29, 0.717) is 5.92 Å². The Bertz CT molecular complexity index is 866. The van der Waals surface area contributed by atoms with Crippen LogP contribution in [0, 0.1) is 5.92 Å². The van der Waals surface area contributed by atoms with Crippen LogP contribution >= 0.6 is 0 Å². The third kappa shape index (κ3) is 2.21. The summed E-state index contributed by atoms with van der Waals surface area (Å²) in [7, 11) is 0. The number of benzene rings is 3. The molecule has 0 spiro atoms. The zero-order valence-electron chi connectivity index (χ0n) is 13.8. The van der Waals surface area contributed by atoms with E-state index in [1.807, 2.05) is 0 Å². The highest BCUT2D eigenvalue weighted by molar-refractivity contribution is 5.97. The zero-order valence-corrected chi connectivity index (χ0v) is 13.8. The van der Waals surface area contributed by atoms with Crippen molar-refractivity contribution in [1.29, 1.82) is 0 Å². The van der Waals surface area contributed by atoms with E-state index >= 15 is 0 Å². The summed E-state index contributed by atoms with van der Waals surface area (Å²) in [6.45, 7) is 4.64. The van der Waals surface area contributed by atoms with E-state index in [-0.39, 0.29) is 5.41 Å². The van der Waals surface area contributed by atoms with Crippen molar-refractivity contribution < 1.29 is 0 Å². The molecule has 1 unspecified atom stereocenters. The monoisotopic (exact) mass is 298 g/mol. The van der Waals surface area contributed by atoms with Gasteiger partial charge in [-0.25, -0.2) is 0 Å². The lowest BCUT2D eigenvalue weighted by Gasteiger charge is -2.37. The highest BCUT2D eigenvalue weighted by Gasteiger charge is 2.35. The lowest BCUT2D eigenvalue weighted by atomic mass is 9.65. The average molecular weight is 298 g/mol. The largest absolute Gasteiger partial charge is 0.0690 e. The fraction of sp³-hybridized carbons (Fsp3) is 0.217. The molecular weight excluding hydrogens is 276 g/mol. The van der Waals surface area contributed by atoms with Crippen LogP contribution in [0.4, 0.5) is 0 Å². The van der Waals surface area contributed by atoms with Gasteiger partial charge in [0.1, 0.15) is 0 Å². The van der Waals surface area contributed by atoms with E-state index in [9.17, 15) is 0 Å². The van der Waals surface area contributed by atoms with Crippen molar-refractivity contribution in [3.63, 3.8) is 0 Å². The van der Waals surface area contributed by atoms with Gasteiger partial charge in [0.2, 0.25) is 0 Å². The van der Waals surface area contributed by atoms with E-state index < -0.39 is 0 Å². The van der Waals surface area contributed by atoms with Crippen molar-refractivity contribution in [2.24, 2.45) is 5.92 Å². The molecule has 1 aliphatic rings. The Balaban J connectivity index is 2.06. The van der Waals surface area contributed by atoms with Crippen molar-refractivity contribution in [2.45, 2.75) is 25.7 Å². The molecule has 0 saturated heterocycles. The third-order valence-electron chi connectivity index (χ3n) is 4.98. The Morgan fingerprint density at radius 2 is 1.57 bits per heavy atom. The molecule has 4 rings (SSSR count). The van der Waals surface area contributed by atoms with Gasteiger partial charge in [-0.2, -0.15) is 0 Å². The van der Waals surface area contributed by atoms with Crippen LogP contribution in [0.5, 0.6) is 0 Å². The van der Waals surface area contributed by atoms with Crippen LogP contribution in [0.15, 0.2) is 72.8 Å². The minimum Gasteiger partial charge on any atom is -0.0690 e. The second kappa shape index (κ2) is 5.38. The fourth-order valence-corrected chi connectivity index (χ4v) is 4.13. The van der Waals surface area contributed by atoms with Gasteiger partial charge in [0.15, 0.2) is 0 Å². The van der Waals surface area contributed by atoms with Crippen molar-refractivity contribution in [3.05, 3.63) is 89.5 Å². The number of allylic oxidation sites excluding steroid dienone is 1. The van der Waals surface area contributed by atoms with Crippen LogP contribution in [0.25, 0.3) is 16.8 Å². The molecule has 0 aromatic heterocycles. The van der Waals surface area contributed by atoms with Crippen LogP contribution in [-0.2, 0) is 5.41 Å². The van der Waals surface area contributed by atoms with Crippen molar-refractivity contribution >= 4 is 16.8 Å². The molecule has 23 heavy (non-hydrogen) atoms. The first kappa shape index (κ1) is 14.3. The van der Waals surface area contributed by atoms with Crippen LogP contribution in [0.3, 0.4) is 0 Å². The molecule has 0 aliphatic heterocycles. The van der Waals surface area contributed by atoms with Gasteiger partial charge in [0, 0.05) is 5.41 Å². The number of rotatable bonds is 3. The summed E-state index contributed by atoms with van der Waals surface area (Å²) >= 11 is 0. The van der Waals surface area contributed by atoms with Gasteiger partial charge in [0.25, 0.3) is 0 Å². The molecule has 0 fully saturated rings. The van der Waals surface area contributed by atoms with E-state index in [1.165, 1.54) is 27.5 Å². The first-order chi connectivity index (χ1) is 11.2. The maximum absolute atomic E-state index is 2.43. The second-order valence-corrected chi connectivity index (χ2v) is 7.02. The molecule has 114 valence electrons.